The average Bonchev–Trinajstić information content (AvgIpc) is 3.41. The van der Waals surface area contributed by atoms with Crippen LogP contribution in [0.5, 0.6) is 0 Å². The zero-order valence-electron chi connectivity index (χ0n) is 32.5. The normalized spacial score (nSPS) is 28.3. The molecule has 314 valence electrons. The molecule has 0 aromatic carbocycles. The first-order valence-corrected chi connectivity index (χ1v) is 19.8. The Hall–Kier alpha value is -4.10. The number of ether oxygens (including phenoxy) is 5. The summed E-state index contributed by atoms with van der Waals surface area (Å²) in [6, 6.07) is 0.0807. The number of nitrogens with two attached hydrogens (primary N) is 1. The highest BCUT2D eigenvalue weighted by Crippen LogP contribution is 2.36. The van der Waals surface area contributed by atoms with E-state index >= 15 is 0 Å². The fourth-order valence-electron chi connectivity index (χ4n) is 7.18. The van der Waals surface area contributed by atoms with Crippen LogP contribution in [-0.2, 0) is 42.9 Å². The molecule has 0 bridgehead atoms. The number of amides is 3. The fraction of sp³-hybridized carbons (Fsp3) is 0.737. The molecule has 10 atom stereocenters. The maximum atomic E-state index is 13.2. The van der Waals surface area contributed by atoms with E-state index in [2.05, 4.69) is 22.5 Å². The summed E-state index contributed by atoms with van der Waals surface area (Å²) in [5.41, 5.74) is 4.15. The Bertz CT molecular complexity index is 1610. The molecule has 3 aliphatic rings. The summed E-state index contributed by atoms with van der Waals surface area (Å²) in [5, 5.41) is 26.8. The van der Waals surface area contributed by atoms with Gasteiger partial charge >= 0.3 is 11.7 Å². The molecule has 18 nitrogen and oxygen atoms in total. The second kappa shape index (κ2) is 22.0. The second-order valence-corrected chi connectivity index (χ2v) is 14.8. The summed E-state index contributed by atoms with van der Waals surface area (Å²) in [6.07, 6.45) is 2.86. The van der Waals surface area contributed by atoms with Crippen molar-refractivity contribution in [3.05, 3.63) is 44.9 Å². The lowest BCUT2D eigenvalue weighted by Crippen LogP contribution is -2.54. The molecule has 56 heavy (non-hydrogen) atoms. The Morgan fingerprint density at radius 1 is 1.00 bits per heavy atom. The average molecular weight is 794 g/mol. The van der Waals surface area contributed by atoms with E-state index in [1.807, 2.05) is 6.92 Å². The molecule has 0 radical (unpaired) electrons. The molecule has 0 spiro atoms. The SMILES string of the molecule is CCCCCCCCCCCCCC(=O)O[C@@H]1[C@H](OC)[C@@H]([C@@H](O[C@H]2OC(C(=O)N[C@H]3CCC[C@@H](C)NC3=O)=C[C@H](O)[C@@H]2O)C(N)=O)O[C@H]1n1ccc(=O)[nH]c1=O. The molecule has 2 fully saturated rings. The van der Waals surface area contributed by atoms with Gasteiger partial charge in [-0.1, -0.05) is 71.1 Å². The number of methoxy groups -OCH3 is 1. The standard InChI is InChI=1S/C38H59N5O13/c1-4-5-6-7-8-9-10-11-12-13-14-18-27(46)54-32-29(52-3)30(55-36(32)43-20-19-26(45)42-38(43)51)31(33(39)48)56-37-28(47)24(44)21-25(53-37)35(50)41-23-17-15-16-22(2)40-34(23)49/h19-24,28-32,36-37,44,47H,4-18H2,1-3H3,(H2,39,48)(H,40,49)(H,41,50)(H,42,45,51)/t22-,23+,24+,28+,29-,30+,31-,32-,36-,37-/m1/s1. The summed E-state index contributed by atoms with van der Waals surface area (Å²) >= 11 is 0. The minimum absolute atomic E-state index is 0.0519. The van der Waals surface area contributed by atoms with Gasteiger partial charge in [0, 0.05) is 31.8 Å². The Morgan fingerprint density at radius 2 is 1.66 bits per heavy atom. The molecule has 1 aromatic rings. The van der Waals surface area contributed by atoms with Gasteiger partial charge in [-0.25, -0.2) is 4.79 Å². The second-order valence-electron chi connectivity index (χ2n) is 14.8. The van der Waals surface area contributed by atoms with E-state index in [9.17, 15) is 39.0 Å². The number of nitrogens with one attached hydrogen (secondary N) is 3. The van der Waals surface area contributed by atoms with Crippen LogP contribution < -0.4 is 27.6 Å². The number of nitrogens with zero attached hydrogens (tertiary/aromatic N) is 1. The molecule has 3 amide bonds. The molecule has 3 aliphatic heterocycles. The van der Waals surface area contributed by atoms with Crippen LogP contribution in [-0.4, -0.2) is 106 Å². The lowest BCUT2D eigenvalue weighted by Gasteiger charge is -2.35. The summed E-state index contributed by atoms with van der Waals surface area (Å²) in [7, 11) is 1.24. The summed E-state index contributed by atoms with van der Waals surface area (Å²) < 4.78 is 30.0. The van der Waals surface area contributed by atoms with E-state index in [0.717, 1.165) is 55.0 Å². The molecule has 2 saturated heterocycles. The monoisotopic (exact) mass is 793 g/mol. The van der Waals surface area contributed by atoms with Crippen molar-refractivity contribution < 1.29 is 53.1 Å². The van der Waals surface area contributed by atoms with Gasteiger partial charge in [0.2, 0.25) is 18.1 Å². The zero-order valence-corrected chi connectivity index (χ0v) is 32.5. The van der Waals surface area contributed by atoms with E-state index in [1.54, 1.807) is 0 Å². The number of hydrogen-bond acceptors (Lipinski definition) is 13. The third kappa shape index (κ3) is 12.4. The molecule has 18 heteroatoms. The van der Waals surface area contributed by atoms with Crippen LogP contribution in [0.1, 0.15) is 116 Å². The first kappa shape index (κ1) is 44.6. The molecule has 0 aliphatic carbocycles. The van der Waals surface area contributed by atoms with Crippen LogP contribution in [0, 0.1) is 0 Å². The highest BCUT2D eigenvalue weighted by Gasteiger charge is 2.54. The number of unbranched alkanes of at least 4 members (excludes halogenated alkanes) is 10. The molecule has 7 N–H and O–H groups in total. The third-order valence-electron chi connectivity index (χ3n) is 10.3. The predicted octanol–water partition coefficient (Wildman–Crippen LogP) is 1.07. The van der Waals surface area contributed by atoms with Crippen molar-refractivity contribution >= 4 is 23.7 Å². The van der Waals surface area contributed by atoms with Crippen molar-refractivity contribution in [3.8, 4) is 0 Å². The highest BCUT2D eigenvalue weighted by molar-refractivity contribution is 5.95. The number of hydrogen-bond donors (Lipinski definition) is 6. The summed E-state index contributed by atoms with van der Waals surface area (Å²) in [6.45, 7) is 4.04. The zero-order chi connectivity index (χ0) is 40.8. The van der Waals surface area contributed by atoms with Gasteiger partial charge < -0.3 is 50.3 Å². The Kier molecular flexibility index (Phi) is 17.5. The molecular weight excluding hydrogens is 734 g/mol. The first-order valence-electron chi connectivity index (χ1n) is 19.8. The number of aliphatic hydroxyl groups is 2. The maximum Gasteiger partial charge on any atom is 0.330 e. The van der Waals surface area contributed by atoms with Crippen LogP contribution in [0.4, 0.5) is 0 Å². The van der Waals surface area contributed by atoms with Crippen LogP contribution >= 0.6 is 0 Å². The van der Waals surface area contributed by atoms with Crippen LogP contribution in [0.25, 0.3) is 0 Å². The Morgan fingerprint density at radius 3 is 2.29 bits per heavy atom. The molecular formula is C38H59N5O13. The first-order chi connectivity index (χ1) is 26.8. The fourth-order valence-corrected chi connectivity index (χ4v) is 7.18. The number of carbonyl (C=O) groups is 4. The van der Waals surface area contributed by atoms with Crippen LogP contribution in [0.2, 0.25) is 0 Å². The van der Waals surface area contributed by atoms with Gasteiger partial charge in [-0.05, 0) is 38.7 Å². The minimum Gasteiger partial charge on any atom is -0.456 e. The number of esters is 1. The number of carbonyl (C=O) groups excluding carboxylic acids is 4. The van der Waals surface area contributed by atoms with Crippen LogP contribution in [0.15, 0.2) is 33.7 Å². The lowest BCUT2D eigenvalue weighted by molar-refractivity contribution is -0.241. The van der Waals surface area contributed by atoms with Crippen LogP contribution in [0.3, 0.4) is 0 Å². The molecule has 4 heterocycles. The number of aromatic amines is 1. The highest BCUT2D eigenvalue weighted by atomic mass is 16.7. The molecule has 0 saturated carbocycles. The van der Waals surface area contributed by atoms with Crippen molar-refractivity contribution in [2.75, 3.05) is 7.11 Å². The molecule has 0 unspecified atom stereocenters. The van der Waals surface area contributed by atoms with Gasteiger partial charge in [0.25, 0.3) is 11.5 Å². The van der Waals surface area contributed by atoms with Gasteiger partial charge in [-0.2, -0.15) is 0 Å². The summed E-state index contributed by atoms with van der Waals surface area (Å²) in [5.74, 6) is -3.56. The topological polar surface area (TPSA) is 260 Å². The number of aliphatic hydroxyl groups excluding tert-OH is 2. The van der Waals surface area contributed by atoms with Crippen molar-refractivity contribution in [3.63, 3.8) is 0 Å². The largest absolute Gasteiger partial charge is 0.456 e. The van der Waals surface area contributed by atoms with Crippen molar-refractivity contribution in [2.45, 2.75) is 171 Å². The minimum atomic E-state index is -1.88. The number of H-pyrrole nitrogens is 1. The lowest BCUT2D eigenvalue weighted by atomic mass is 10.0. The van der Waals surface area contributed by atoms with Crippen molar-refractivity contribution in [1.82, 2.24) is 20.2 Å². The number of rotatable bonds is 21. The quantitative estimate of drug-likeness (QED) is 0.0753. The summed E-state index contributed by atoms with van der Waals surface area (Å²) in [4.78, 5) is 78.9. The van der Waals surface area contributed by atoms with E-state index in [1.165, 1.54) is 45.6 Å². The van der Waals surface area contributed by atoms with E-state index in [4.69, 9.17) is 29.4 Å². The van der Waals surface area contributed by atoms with Gasteiger partial charge in [-0.3, -0.25) is 33.5 Å². The van der Waals surface area contributed by atoms with Crippen molar-refractivity contribution in [2.24, 2.45) is 5.73 Å². The van der Waals surface area contributed by atoms with E-state index in [0.29, 0.717) is 19.3 Å². The van der Waals surface area contributed by atoms with E-state index < -0.39 is 95.9 Å². The Balaban J connectivity index is 1.44. The molecule has 1 aromatic heterocycles. The van der Waals surface area contributed by atoms with E-state index in [-0.39, 0.29) is 12.5 Å². The third-order valence-corrected chi connectivity index (χ3v) is 10.3. The number of primary amides is 1. The maximum absolute atomic E-state index is 13.2. The number of aromatic nitrogens is 2. The molecule has 4 rings (SSSR count). The van der Waals surface area contributed by atoms with Gasteiger partial charge in [0.15, 0.2) is 24.2 Å². The van der Waals surface area contributed by atoms with Crippen molar-refractivity contribution in [1.29, 1.82) is 0 Å². The van der Waals surface area contributed by atoms with Gasteiger partial charge in [0.05, 0.1) is 0 Å². The van der Waals surface area contributed by atoms with Gasteiger partial charge in [0.1, 0.15) is 30.5 Å². The Labute approximate surface area is 325 Å². The van der Waals surface area contributed by atoms with Gasteiger partial charge in [-0.15, -0.1) is 0 Å². The smallest absolute Gasteiger partial charge is 0.330 e. The predicted molar refractivity (Wildman–Crippen MR) is 199 cm³/mol.